The molecule has 0 amide bonds. The Kier molecular flexibility index (Phi) is 6.03. The van der Waals surface area contributed by atoms with Gasteiger partial charge in [-0.1, -0.05) is 0 Å². The van der Waals surface area contributed by atoms with Crippen LogP contribution in [0, 0.1) is 0 Å². The van der Waals surface area contributed by atoms with E-state index in [0.717, 1.165) is 20.8 Å². The predicted molar refractivity (Wildman–Crippen MR) is 63.5 cm³/mol. The lowest BCUT2D eigenvalue weighted by atomic mass is 10.00. The van der Waals surface area contributed by atoms with E-state index < -0.39 is 55.3 Å². The van der Waals surface area contributed by atoms with Crippen LogP contribution in [0.5, 0.6) is 0 Å². The topological polar surface area (TPSA) is 108 Å². The molecular weight excluding hydrogens is 291 g/mol. The van der Waals surface area contributed by atoms with Gasteiger partial charge >= 0.3 is 17.9 Å². The van der Waals surface area contributed by atoms with Gasteiger partial charge in [-0.25, -0.2) is 4.39 Å². The number of carbonyl (C=O) groups excluding carboxylic acids is 3. The molecule has 1 aliphatic rings. The maximum Gasteiger partial charge on any atom is 0.305 e. The molecule has 120 valence electrons. The van der Waals surface area contributed by atoms with Crippen molar-refractivity contribution in [2.24, 2.45) is 0 Å². The van der Waals surface area contributed by atoms with E-state index >= 15 is 0 Å². The van der Waals surface area contributed by atoms with E-state index in [1.54, 1.807) is 0 Å². The summed E-state index contributed by atoms with van der Waals surface area (Å²) in [6.45, 7) is 2.82. The van der Waals surface area contributed by atoms with Crippen LogP contribution < -0.4 is 0 Å². The zero-order chi connectivity index (χ0) is 16.2. The summed E-state index contributed by atoms with van der Waals surface area (Å²) < 4.78 is 33.1. The van der Waals surface area contributed by atoms with E-state index in [1.807, 2.05) is 0 Å². The van der Waals surface area contributed by atoms with E-state index in [0.29, 0.717) is 0 Å². The van der Waals surface area contributed by atoms with Crippen LogP contribution in [0.25, 0.3) is 0 Å². The molecule has 0 aromatic rings. The third-order valence-electron chi connectivity index (χ3n) is 2.64. The molecule has 0 spiro atoms. The third-order valence-corrected chi connectivity index (χ3v) is 2.64. The number of hydrogen-bond donors (Lipinski definition) is 1. The van der Waals surface area contributed by atoms with Gasteiger partial charge in [-0.15, -0.1) is 0 Å². The molecule has 21 heavy (non-hydrogen) atoms. The zero-order valence-corrected chi connectivity index (χ0v) is 11.8. The molecule has 0 radical (unpaired) electrons. The summed E-state index contributed by atoms with van der Waals surface area (Å²) >= 11 is 0. The van der Waals surface area contributed by atoms with Crippen molar-refractivity contribution in [2.75, 3.05) is 6.61 Å². The number of aliphatic hydroxyl groups is 1. The number of halogens is 1. The SMILES string of the molecule is CC(=O)OC[C@H]1OC(OC(C)=O)[C@H](F)[C@@H](OC(C)=O)[C@@H]1O. The first-order chi connectivity index (χ1) is 9.72. The van der Waals surface area contributed by atoms with Crippen molar-refractivity contribution < 1.29 is 42.8 Å². The second-order valence-corrected chi connectivity index (χ2v) is 4.46. The van der Waals surface area contributed by atoms with Gasteiger partial charge in [-0.05, 0) is 0 Å². The second-order valence-electron chi connectivity index (χ2n) is 4.46. The van der Waals surface area contributed by atoms with Crippen LogP contribution in [-0.2, 0) is 33.3 Å². The lowest BCUT2D eigenvalue weighted by molar-refractivity contribution is -0.281. The fourth-order valence-electron chi connectivity index (χ4n) is 1.80. The Morgan fingerprint density at radius 1 is 1.10 bits per heavy atom. The molecule has 1 fully saturated rings. The summed E-state index contributed by atoms with van der Waals surface area (Å²) in [4.78, 5) is 32.7. The number of esters is 3. The summed E-state index contributed by atoms with van der Waals surface area (Å²) in [5.74, 6) is -2.27. The number of aliphatic hydroxyl groups excluding tert-OH is 1. The Morgan fingerprint density at radius 3 is 2.14 bits per heavy atom. The molecule has 1 aliphatic heterocycles. The molecule has 0 aliphatic carbocycles. The Morgan fingerprint density at radius 2 is 1.67 bits per heavy atom. The molecule has 1 N–H and O–H groups in total. The molecule has 0 bridgehead atoms. The first kappa shape index (κ1) is 17.3. The predicted octanol–water partition coefficient (Wildman–Crippen LogP) is -0.532. The summed E-state index contributed by atoms with van der Waals surface area (Å²) in [5.41, 5.74) is 0. The minimum Gasteiger partial charge on any atom is -0.463 e. The van der Waals surface area contributed by atoms with Crippen molar-refractivity contribution in [1.29, 1.82) is 0 Å². The van der Waals surface area contributed by atoms with E-state index in [-0.39, 0.29) is 0 Å². The second kappa shape index (κ2) is 7.32. The van der Waals surface area contributed by atoms with E-state index in [1.165, 1.54) is 0 Å². The van der Waals surface area contributed by atoms with Gasteiger partial charge in [0.1, 0.15) is 18.8 Å². The van der Waals surface area contributed by atoms with Gasteiger partial charge in [0, 0.05) is 20.8 Å². The van der Waals surface area contributed by atoms with Crippen LogP contribution in [0.15, 0.2) is 0 Å². The molecule has 8 nitrogen and oxygen atoms in total. The minimum absolute atomic E-state index is 0.404. The van der Waals surface area contributed by atoms with Crippen molar-refractivity contribution >= 4 is 17.9 Å². The van der Waals surface area contributed by atoms with Gasteiger partial charge in [-0.2, -0.15) is 0 Å². The quantitative estimate of drug-likeness (QED) is 0.545. The average molecular weight is 308 g/mol. The molecule has 1 heterocycles. The molecular formula is C12H17FO8. The highest BCUT2D eigenvalue weighted by molar-refractivity contribution is 5.67. The Balaban J connectivity index is 2.86. The zero-order valence-electron chi connectivity index (χ0n) is 11.8. The lowest BCUT2D eigenvalue weighted by Crippen LogP contribution is -2.59. The maximum atomic E-state index is 14.1. The van der Waals surface area contributed by atoms with Gasteiger partial charge in [0.2, 0.25) is 12.5 Å². The fourth-order valence-corrected chi connectivity index (χ4v) is 1.80. The van der Waals surface area contributed by atoms with Crippen molar-refractivity contribution in [3.8, 4) is 0 Å². The van der Waals surface area contributed by atoms with Gasteiger partial charge in [-0.3, -0.25) is 14.4 Å². The number of carbonyl (C=O) groups is 3. The van der Waals surface area contributed by atoms with E-state index in [4.69, 9.17) is 4.74 Å². The third kappa shape index (κ3) is 4.94. The molecule has 5 atom stereocenters. The van der Waals surface area contributed by atoms with E-state index in [2.05, 4.69) is 14.2 Å². The molecule has 1 saturated heterocycles. The smallest absolute Gasteiger partial charge is 0.305 e. The van der Waals surface area contributed by atoms with Gasteiger partial charge in [0.25, 0.3) is 0 Å². The number of alkyl halides is 1. The Bertz CT molecular complexity index is 412. The first-order valence-electron chi connectivity index (χ1n) is 6.17. The highest BCUT2D eigenvalue weighted by atomic mass is 19.1. The minimum atomic E-state index is -2.07. The van der Waals surface area contributed by atoms with Crippen molar-refractivity contribution in [2.45, 2.75) is 51.5 Å². The molecule has 0 aromatic heterocycles. The molecule has 9 heteroatoms. The van der Waals surface area contributed by atoms with Crippen molar-refractivity contribution in [3.05, 3.63) is 0 Å². The fraction of sp³-hybridized carbons (Fsp3) is 0.750. The summed E-state index contributed by atoms with van der Waals surface area (Å²) in [7, 11) is 0. The molecule has 0 saturated carbocycles. The number of rotatable bonds is 4. The van der Waals surface area contributed by atoms with Crippen LogP contribution in [0.4, 0.5) is 4.39 Å². The Labute approximate surface area is 120 Å². The lowest BCUT2D eigenvalue weighted by Gasteiger charge is -2.39. The molecule has 1 unspecified atom stereocenters. The normalized spacial score (nSPS) is 32.1. The largest absolute Gasteiger partial charge is 0.463 e. The molecule has 0 aromatic carbocycles. The Hall–Kier alpha value is -1.74. The van der Waals surface area contributed by atoms with Crippen molar-refractivity contribution in [3.63, 3.8) is 0 Å². The van der Waals surface area contributed by atoms with Crippen molar-refractivity contribution in [1.82, 2.24) is 0 Å². The van der Waals surface area contributed by atoms with Crippen LogP contribution in [-0.4, -0.2) is 60.4 Å². The molecule has 1 rings (SSSR count). The standard InChI is InChI=1S/C12H17FO8/c1-5(14)18-4-8-10(17)11(19-6(2)15)9(13)12(21-8)20-7(3)16/h8-12,17H,4H2,1-3H3/t8-,9-,10-,11-,12?/m1/s1. The summed E-state index contributed by atoms with van der Waals surface area (Å²) in [5, 5.41) is 9.94. The summed E-state index contributed by atoms with van der Waals surface area (Å²) in [6.07, 6.45) is -8.11. The summed E-state index contributed by atoms with van der Waals surface area (Å²) in [6, 6.07) is 0. The highest BCUT2D eigenvalue weighted by Gasteiger charge is 2.49. The highest BCUT2D eigenvalue weighted by Crippen LogP contribution is 2.27. The average Bonchev–Trinajstić information content (AvgIpc) is 2.35. The van der Waals surface area contributed by atoms with Crippen LogP contribution in [0.3, 0.4) is 0 Å². The maximum absolute atomic E-state index is 14.1. The van der Waals surface area contributed by atoms with Crippen LogP contribution in [0.2, 0.25) is 0 Å². The van der Waals surface area contributed by atoms with Crippen LogP contribution in [0.1, 0.15) is 20.8 Å². The first-order valence-corrected chi connectivity index (χ1v) is 6.17. The van der Waals surface area contributed by atoms with Gasteiger partial charge < -0.3 is 24.1 Å². The number of ether oxygens (including phenoxy) is 4. The van der Waals surface area contributed by atoms with Gasteiger partial charge in [0.15, 0.2) is 6.10 Å². The van der Waals surface area contributed by atoms with Gasteiger partial charge in [0.05, 0.1) is 0 Å². The number of hydrogen-bond acceptors (Lipinski definition) is 8. The van der Waals surface area contributed by atoms with Crippen LogP contribution >= 0.6 is 0 Å². The van der Waals surface area contributed by atoms with E-state index in [9.17, 15) is 23.9 Å². The monoisotopic (exact) mass is 308 g/mol.